The van der Waals surface area contributed by atoms with E-state index in [2.05, 4.69) is 5.32 Å². The van der Waals surface area contributed by atoms with Crippen LogP contribution in [0.1, 0.15) is 19.4 Å². The quantitative estimate of drug-likeness (QED) is 0.551. The minimum Gasteiger partial charge on any atom is -0.397 e. The fourth-order valence-electron chi connectivity index (χ4n) is 1.33. The zero-order chi connectivity index (χ0) is 10.6. The van der Waals surface area contributed by atoms with Gasteiger partial charge in [0.25, 0.3) is 0 Å². The molecule has 0 aliphatic carbocycles. The Morgan fingerprint density at radius 3 is 2.64 bits per heavy atom. The first kappa shape index (κ1) is 10.4. The molecule has 0 amide bonds. The van der Waals surface area contributed by atoms with Crippen LogP contribution in [0, 0.1) is 0 Å². The van der Waals surface area contributed by atoms with Gasteiger partial charge in [0.05, 0.1) is 11.4 Å². The topological polar surface area (TPSA) is 64.1 Å². The lowest BCUT2D eigenvalue weighted by molar-refractivity contribution is 1.31. The van der Waals surface area contributed by atoms with Crippen LogP contribution >= 0.6 is 0 Å². The Morgan fingerprint density at radius 2 is 1.93 bits per heavy atom. The lowest BCUT2D eigenvalue weighted by atomic mass is 10.1. The summed E-state index contributed by atoms with van der Waals surface area (Å²) in [5.41, 5.74) is 14.8. The van der Waals surface area contributed by atoms with Gasteiger partial charge in [-0.1, -0.05) is 26.0 Å². The van der Waals surface area contributed by atoms with Crippen LogP contribution in [0.25, 0.3) is 6.08 Å². The highest BCUT2D eigenvalue weighted by Crippen LogP contribution is 2.30. The smallest absolute Gasteiger partial charge is 0.0642 e. The van der Waals surface area contributed by atoms with Crippen molar-refractivity contribution in [3.63, 3.8) is 0 Å². The van der Waals surface area contributed by atoms with Crippen LogP contribution in [0.3, 0.4) is 0 Å². The number of hydrogen-bond acceptors (Lipinski definition) is 3. The highest BCUT2D eigenvalue weighted by molar-refractivity contribution is 5.85. The van der Waals surface area contributed by atoms with E-state index in [1.54, 1.807) is 0 Å². The molecular weight excluding hydrogens is 174 g/mol. The minimum absolute atomic E-state index is 0.641. The first-order valence-corrected chi connectivity index (χ1v) is 4.87. The maximum atomic E-state index is 5.79. The van der Waals surface area contributed by atoms with E-state index in [0.717, 1.165) is 17.8 Å². The van der Waals surface area contributed by atoms with Crippen LogP contribution < -0.4 is 16.8 Å². The number of nitrogens with two attached hydrogens (primary N) is 2. The molecule has 14 heavy (non-hydrogen) atoms. The molecule has 0 saturated carbocycles. The van der Waals surface area contributed by atoms with E-state index in [1.807, 2.05) is 38.1 Å². The van der Waals surface area contributed by atoms with Crippen molar-refractivity contribution < 1.29 is 0 Å². The third-order valence-electron chi connectivity index (χ3n) is 2.02. The third-order valence-corrected chi connectivity index (χ3v) is 2.02. The number of rotatable bonds is 0. The summed E-state index contributed by atoms with van der Waals surface area (Å²) in [6.07, 6.45) is 4.02. The zero-order valence-corrected chi connectivity index (χ0v) is 8.67. The highest BCUT2D eigenvalue weighted by atomic mass is 14.9. The van der Waals surface area contributed by atoms with Crippen LogP contribution in [0.5, 0.6) is 0 Å². The molecule has 0 fully saturated rings. The van der Waals surface area contributed by atoms with Crippen molar-refractivity contribution in [1.29, 1.82) is 0 Å². The van der Waals surface area contributed by atoms with Crippen molar-refractivity contribution in [3.05, 3.63) is 23.8 Å². The summed E-state index contributed by atoms with van der Waals surface area (Å²) in [4.78, 5) is 0. The average molecular weight is 191 g/mol. The molecule has 5 N–H and O–H groups in total. The fourth-order valence-corrected chi connectivity index (χ4v) is 1.33. The molecule has 2 rings (SSSR count). The first-order valence-electron chi connectivity index (χ1n) is 4.87. The van der Waals surface area contributed by atoms with E-state index in [4.69, 9.17) is 11.5 Å². The van der Waals surface area contributed by atoms with Crippen LogP contribution in [0.2, 0.25) is 0 Å². The molecule has 0 bridgehead atoms. The molecule has 0 radical (unpaired) electrons. The van der Waals surface area contributed by atoms with Crippen molar-refractivity contribution in [2.24, 2.45) is 0 Å². The SMILES string of the molecule is CC.Nc1ccc2c(c1N)C=CCN2. The maximum absolute atomic E-state index is 5.79. The Kier molecular flexibility index (Phi) is 3.40. The predicted octanol–water partition coefficient (Wildman–Crippen LogP) is 2.32. The molecule has 1 aliphatic heterocycles. The van der Waals surface area contributed by atoms with Gasteiger partial charge in [0, 0.05) is 17.8 Å². The molecule has 1 heterocycles. The molecule has 1 aromatic rings. The predicted molar refractivity (Wildman–Crippen MR) is 64.1 cm³/mol. The number of nitrogens with one attached hydrogen (secondary N) is 1. The summed E-state index contributed by atoms with van der Waals surface area (Å²) >= 11 is 0. The van der Waals surface area contributed by atoms with Gasteiger partial charge in [-0.15, -0.1) is 0 Å². The fraction of sp³-hybridized carbons (Fsp3) is 0.273. The molecule has 76 valence electrons. The number of anilines is 3. The minimum atomic E-state index is 0.641. The second-order valence-corrected chi connectivity index (χ2v) is 2.81. The Bertz CT molecular complexity index is 343. The third kappa shape index (κ3) is 1.82. The van der Waals surface area contributed by atoms with E-state index in [1.165, 1.54) is 0 Å². The number of benzene rings is 1. The molecule has 3 heteroatoms. The van der Waals surface area contributed by atoms with E-state index in [0.29, 0.717) is 11.4 Å². The van der Waals surface area contributed by atoms with Gasteiger partial charge in [0.2, 0.25) is 0 Å². The number of fused-ring (bicyclic) bond motifs is 1. The second kappa shape index (κ2) is 4.56. The summed E-state index contributed by atoms with van der Waals surface area (Å²) in [5, 5.41) is 3.21. The Balaban J connectivity index is 0.000000461. The maximum Gasteiger partial charge on any atom is 0.0642 e. The van der Waals surface area contributed by atoms with Gasteiger partial charge in [-0.3, -0.25) is 0 Å². The standard InChI is InChI=1S/C9H11N3.C2H6/c10-7-3-4-8-6(9(7)11)2-1-5-12-8;1-2/h1-4,12H,5,10-11H2;1-2H3. The molecule has 1 aromatic carbocycles. The van der Waals surface area contributed by atoms with Crippen LogP contribution in [0.4, 0.5) is 17.1 Å². The van der Waals surface area contributed by atoms with Crippen molar-refractivity contribution in [1.82, 2.24) is 0 Å². The largest absolute Gasteiger partial charge is 0.397 e. The van der Waals surface area contributed by atoms with Gasteiger partial charge in [-0.2, -0.15) is 0 Å². The summed E-state index contributed by atoms with van der Waals surface area (Å²) in [6.45, 7) is 4.86. The van der Waals surface area contributed by atoms with Crippen molar-refractivity contribution in [2.75, 3.05) is 23.3 Å². The van der Waals surface area contributed by atoms with Gasteiger partial charge in [-0.05, 0) is 12.1 Å². The first-order chi connectivity index (χ1) is 6.79. The molecule has 1 aliphatic rings. The molecule has 0 spiro atoms. The lowest BCUT2D eigenvalue weighted by Gasteiger charge is -2.15. The van der Waals surface area contributed by atoms with E-state index in [9.17, 15) is 0 Å². The van der Waals surface area contributed by atoms with Crippen LogP contribution in [-0.2, 0) is 0 Å². The Hall–Kier alpha value is -1.64. The van der Waals surface area contributed by atoms with Gasteiger partial charge in [0.15, 0.2) is 0 Å². The summed E-state index contributed by atoms with van der Waals surface area (Å²) in [7, 11) is 0. The van der Waals surface area contributed by atoms with E-state index < -0.39 is 0 Å². The van der Waals surface area contributed by atoms with Crippen molar-refractivity contribution in [2.45, 2.75) is 13.8 Å². The number of hydrogen-bond donors (Lipinski definition) is 3. The molecule has 0 unspecified atom stereocenters. The monoisotopic (exact) mass is 191 g/mol. The van der Waals surface area contributed by atoms with Gasteiger partial charge >= 0.3 is 0 Å². The molecular formula is C11H17N3. The normalized spacial score (nSPS) is 12.1. The molecule has 3 nitrogen and oxygen atoms in total. The summed E-state index contributed by atoms with van der Waals surface area (Å²) < 4.78 is 0. The lowest BCUT2D eigenvalue weighted by Crippen LogP contribution is -2.07. The zero-order valence-electron chi connectivity index (χ0n) is 8.67. The summed E-state index contributed by atoms with van der Waals surface area (Å²) in [6, 6.07) is 3.77. The van der Waals surface area contributed by atoms with Crippen molar-refractivity contribution in [3.8, 4) is 0 Å². The average Bonchev–Trinajstić information content (AvgIpc) is 2.27. The van der Waals surface area contributed by atoms with Crippen molar-refractivity contribution >= 4 is 23.1 Å². The molecule has 0 saturated heterocycles. The van der Waals surface area contributed by atoms with E-state index in [-0.39, 0.29) is 0 Å². The van der Waals surface area contributed by atoms with Crippen LogP contribution in [0.15, 0.2) is 18.2 Å². The van der Waals surface area contributed by atoms with Crippen LogP contribution in [-0.4, -0.2) is 6.54 Å². The molecule has 0 atom stereocenters. The van der Waals surface area contributed by atoms with Gasteiger partial charge in [0.1, 0.15) is 0 Å². The molecule has 0 aromatic heterocycles. The number of nitrogen functional groups attached to an aromatic ring is 2. The summed E-state index contributed by atoms with van der Waals surface area (Å²) in [5.74, 6) is 0. The highest BCUT2D eigenvalue weighted by Gasteiger charge is 2.08. The van der Waals surface area contributed by atoms with E-state index >= 15 is 0 Å². The van der Waals surface area contributed by atoms with Gasteiger partial charge in [-0.25, -0.2) is 0 Å². The Labute approximate surface area is 84.8 Å². The second-order valence-electron chi connectivity index (χ2n) is 2.81. The van der Waals surface area contributed by atoms with Gasteiger partial charge < -0.3 is 16.8 Å². The Morgan fingerprint density at radius 1 is 1.21 bits per heavy atom.